The van der Waals surface area contributed by atoms with E-state index in [-0.39, 0.29) is 17.9 Å². The predicted molar refractivity (Wildman–Crippen MR) is 72.2 cm³/mol. The highest BCUT2D eigenvalue weighted by molar-refractivity contribution is 5.99. The Kier molecular flexibility index (Phi) is 5.17. The highest BCUT2D eigenvalue weighted by Gasteiger charge is 2.44. The van der Waals surface area contributed by atoms with Crippen LogP contribution in [0, 0.1) is 0 Å². The van der Waals surface area contributed by atoms with Gasteiger partial charge in [-0.15, -0.1) is 0 Å². The number of nitrogens with zero attached hydrogens (tertiary/aromatic N) is 1. The first-order chi connectivity index (χ1) is 8.46. The van der Waals surface area contributed by atoms with Gasteiger partial charge in [0.05, 0.1) is 0 Å². The smallest absolute Gasteiger partial charge is 0.248 e. The zero-order valence-electron chi connectivity index (χ0n) is 12.1. The number of unbranched alkanes of at least 4 members (excludes halogenated alkanes) is 3. The minimum atomic E-state index is -0.714. The van der Waals surface area contributed by atoms with Gasteiger partial charge in [0.1, 0.15) is 11.6 Å². The predicted octanol–water partition coefficient (Wildman–Crippen LogP) is 2.08. The van der Waals surface area contributed by atoms with Gasteiger partial charge in [0, 0.05) is 6.54 Å². The van der Waals surface area contributed by atoms with E-state index in [4.69, 9.17) is 0 Å². The Balaban J connectivity index is 2.67. The van der Waals surface area contributed by atoms with Crippen molar-refractivity contribution in [2.75, 3.05) is 6.54 Å². The molecule has 2 amide bonds. The monoisotopic (exact) mass is 254 g/mol. The van der Waals surface area contributed by atoms with Crippen molar-refractivity contribution in [2.45, 2.75) is 71.4 Å². The van der Waals surface area contributed by atoms with Gasteiger partial charge in [-0.05, 0) is 26.7 Å². The van der Waals surface area contributed by atoms with Crippen LogP contribution in [0.15, 0.2) is 0 Å². The van der Waals surface area contributed by atoms with E-state index in [1.807, 2.05) is 20.8 Å². The van der Waals surface area contributed by atoms with Gasteiger partial charge in [-0.3, -0.25) is 9.59 Å². The normalized spacial score (nSPS) is 28.4. The summed E-state index contributed by atoms with van der Waals surface area (Å²) in [5, 5.41) is 2.84. The lowest BCUT2D eigenvalue weighted by Crippen LogP contribution is -2.68. The molecule has 1 saturated heterocycles. The van der Waals surface area contributed by atoms with E-state index >= 15 is 0 Å². The zero-order valence-corrected chi connectivity index (χ0v) is 12.1. The zero-order chi connectivity index (χ0) is 13.8. The Hall–Kier alpha value is -1.06. The molecule has 0 aromatic heterocycles. The standard InChI is InChI=1S/C14H26N2O2/c1-5-7-8-9-10-16-11(3)12(17)15-14(4,6-2)13(16)18/h11H,5-10H2,1-4H3,(H,15,17). The van der Waals surface area contributed by atoms with Gasteiger partial charge < -0.3 is 10.2 Å². The van der Waals surface area contributed by atoms with Crippen LogP contribution in [0.1, 0.15) is 59.8 Å². The van der Waals surface area contributed by atoms with Crippen LogP contribution in [0.4, 0.5) is 0 Å². The maximum Gasteiger partial charge on any atom is 0.248 e. The van der Waals surface area contributed by atoms with E-state index in [1.54, 1.807) is 4.90 Å². The molecule has 104 valence electrons. The van der Waals surface area contributed by atoms with Gasteiger partial charge in [-0.2, -0.15) is 0 Å². The number of nitrogens with one attached hydrogen (secondary N) is 1. The largest absolute Gasteiger partial charge is 0.340 e. The molecule has 1 N–H and O–H groups in total. The van der Waals surface area contributed by atoms with Crippen molar-refractivity contribution < 1.29 is 9.59 Å². The van der Waals surface area contributed by atoms with Crippen molar-refractivity contribution in [1.82, 2.24) is 10.2 Å². The number of rotatable bonds is 6. The summed E-state index contributed by atoms with van der Waals surface area (Å²) in [5.41, 5.74) is -0.714. The third-order valence-corrected chi connectivity index (χ3v) is 3.94. The van der Waals surface area contributed by atoms with Crippen LogP contribution in [0.25, 0.3) is 0 Å². The maximum atomic E-state index is 12.4. The van der Waals surface area contributed by atoms with E-state index in [1.165, 1.54) is 12.8 Å². The van der Waals surface area contributed by atoms with Crippen molar-refractivity contribution >= 4 is 11.8 Å². The quantitative estimate of drug-likeness (QED) is 0.738. The van der Waals surface area contributed by atoms with Gasteiger partial charge in [-0.25, -0.2) is 0 Å². The molecule has 0 bridgehead atoms. The molecule has 1 fully saturated rings. The lowest BCUT2D eigenvalue weighted by Gasteiger charge is -2.43. The molecule has 2 unspecified atom stereocenters. The summed E-state index contributed by atoms with van der Waals surface area (Å²) in [7, 11) is 0. The maximum absolute atomic E-state index is 12.4. The third-order valence-electron chi connectivity index (χ3n) is 3.94. The molecule has 2 atom stereocenters. The van der Waals surface area contributed by atoms with Crippen LogP contribution in [-0.2, 0) is 9.59 Å². The fraction of sp³-hybridized carbons (Fsp3) is 0.857. The average molecular weight is 254 g/mol. The van der Waals surface area contributed by atoms with E-state index in [2.05, 4.69) is 12.2 Å². The highest BCUT2D eigenvalue weighted by Crippen LogP contribution is 2.21. The van der Waals surface area contributed by atoms with Gasteiger partial charge in [0.15, 0.2) is 0 Å². The summed E-state index contributed by atoms with van der Waals surface area (Å²) in [5.74, 6) is 0.0306. The Morgan fingerprint density at radius 1 is 1.22 bits per heavy atom. The Morgan fingerprint density at radius 2 is 1.89 bits per heavy atom. The molecule has 1 heterocycles. The van der Waals surface area contributed by atoms with E-state index in [9.17, 15) is 9.59 Å². The average Bonchev–Trinajstić information content (AvgIpc) is 2.36. The number of carbonyl (C=O) groups is 2. The van der Waals surface area contributed by atoms with Crippen molar-refractivity contribution in [3.63, 3.8) is 0 Å². The van der Waals surface area contributed by atoms with E-state index in [0.29, 0.717) is 13.0 Å². The second kappa shape index (κ2) is 6.21. The summed E-state index contributed by atoms with van der Waals surface area (Å²) in [6.07, 6.45) is 5.11. The molecule has 1 rings (SSSR count). The van der Waals surface area contributed by atoms with Crippen molar-refractivity contribution in [1.29, 1.82) is 0 Å². The fourth-order valence-electron chi connectivity index (χ4n) is 2.31. The van der Waals surface area contributed by atoms with Gasteiger partial charge in [0.2, 0.25) is 11.8 Å². The van der Waals surface area contributed by atoms with Crippen LogP contribution in [0.5, 0.6) is 0 Å². The molecule has 4 nitrogen and oxygen atoms in total. The van der Waals surface area contributed by atoms with Crippen LogP contribution < -0.4 is 5.32 Å². The summed E-state index contributed by atoms with van der Waals surface area (Å²) in [4.78, 5) is 26.1. The number of amides is 2. The van der Waals surface area contributed by atoms with Crippen LogP contribution in [0.2, 0.25) is 0 Å². The molecule has 0 aromatic carbocycles. The first kappa shape index (κ1) is 15.0. The van der Waals surface area contributed by atoms with E-state index < -0.39 is 5.54 Å². The molecular formula is C14H26N2O2. The van der Waals surface area contributed by atoms with Crippen LogP contribution >= 0.6 is 0 Å². The first-order valence-corrected chi connectivity index (χ1v) is 7.09. The molecule has 0 aliphatic carbocycles. The molecule has 0 saturated carbocycles. The summed E-state index contributed by atoms with van der Waals surface area (Å²) >= 11 is 0. The number of piperazine rings is 1. The van der Waals surface area contributed by atoms with Gasteiger partial charge in [0.25, 0.3) is 0 Å². The van der Waals surface area contributed by atoms with Gasteiger partial charge in [-0.1, -0.05) is 33.1 Å². The van der Waals surface area contributed by atoms with Crippen LogP contribution in [0.3, 0.4) is 0 Å². The number of carbonyl (C=O) groups excluding carboxylic acids is 2. The topological polar surface area (TPSA) is 49.4 Å². The Morgan fingerprint density at radius 3 is 2.44 bits per heavy atom. The molecule has 0 aromatic rings. The highest BCUT2D eigenvalue weighted by atomic mass is 16.2. The lowest BCUT2D eigenvalue weighted by atomic mass is 9.92. The molecule has 1 aliphatic rings. The second-order valence-electron chi connectivity index (χ2n) is 5.41. The second-order valence-corrected chi connectivity index (χ2v) is 5.41. The Bertz CT molecular complexity index is 317. The fourth-order valence-corrected chi connectivity index (χ4v) is 2.31. The number of hydrogen-bond donors (Lipinski definition) is 1. The third kappa shape index (κ3) is 3.03. The lowest BCUT2D eigenvalue weighted by molar-refractivity contribution is -0.153. The van der Waals surface area contributed by atoms with Crippen molar-refractivity contribution in [3.8, 4) is 0 Å². The SMILES string of the molecule is CCCCCCN1C(=O)C(C)(CC)NC(=O)C1C. The minimum absolute atomic E-state index is 0.0329. The number of hydrogen-bond acceptors (Lipinski definition) is 2. The summed E-state index contributed by atoms with van der Waals surface area (Å²) < 4.78 is 0. The van der Waals surface area contributed by atoms with Crippen molar-refractivity contribution in [2.24, 2.45) is 0 Å². The molecule has 1 aliphatic heterocycles. The first-order valence-electron chi connectivity index (χ1n) is 7.09. The van der Waals surface area contributed by atoms with E-state index in [0.717, 1.165) is 12.8 Å². The molecule has 0 spiro atoms. The molecular weight excluding hydrogens is 228 g/mol. The summed E-state index contributed by atoms with van der Waals surface area (Å²) in [6, 6.07) is -0.334. The molecule has 0 radical (unpaired) electrons. The molecule has 18 heavy (non-hydrogen) atoms. The van der Waals surface area contributed by atoms with Crippen molar-refractivity contribution in [3.05, 3.63) is 0 Å². The van der Waals surface area contributed by atoms with Crippen LogP contribution in [-0.4, -0.2) is 34.8 Å². The molecule has 4 heteroatoms. The van der Waals surface area contributed by atoms with Gasteiger partial charge >= 0.3 is 0 Å². The Labute approximate surface area is 110 Å². The minimum Gasteiger partial charge on any atom is -0.340 e. The summed E-state index contributed by atoms with van der Waals surface area (Å²) in [6.45, 7) is 8.42.